The molecule has 1 aliphatic heterocycles. The van der Waals surface area contributed by atoms with E-state index in [1.807, 2.05) is 24.8 Å². The van der Waals surface area contributed by atoms with Gasteiger partial charge in [-0.15, -0.1) is 0 Å². The Labute approximate surface area is 201 Å². The van der Waals surface area contributed by atoms with Crippen LogP contribution < -0.4 is 15.5 Å². The molecule has 2 aromatic carbocycles. The number of thiocarbonyl (C=S) groups is 1. The highest BCUT2D eigenvalue weighted by molar-refractivity contribution is 7.80. The third kappa shape index (κ3) is 6.17. The van der Waals surface area contributed by atoms with Gasteiger partial charge in [-0.25, -0.2) is 0 Å². The number of carbonyl (C=O) groups is 2. The molecular weight excluding hydrogens is 466 g/mol. The Morgan fingerprint density at radius 1 is 1.12 bits per heavy atom. The van der Waals surface area contributed by atoms with Crippen LogP contribution in [0.5, 0.6) is 0 Å². The van der Waals surface area contributed by atoms with E-state index in [2.05, 4.69) is 15.5 Å². The highest BCUT2D eigenvalue weighted by Gasteiger charge is 2.24. The van der Waals surface area contributed by atoms with Gasteiger partial charge in [0.2, 0.25) is 5.91 Å². The summed E-state index contributed by atoms with van der Waals surface area (Å²) in [4.78, 5) is 38.8. The maximum Gasteiger partial charge on any atom is 0.270 e. The fraction of sp³-hybridized carbons (Fsp3) is 0.318. The molecule has 2 N–H and O–H groups in total. The van der Waals surface area contributed by atoms with E-state index in [0.717, 1.165) is 5.69 Å². The lowest BCUT2D eigenvalue weighted by molar-refractivity contribution is -0.384. The summed E-state index contributed by atoms with van der Waals surface area (Å²) in [6.45, 7) is 6.44. The molecule has 33 heavy (non-hydrogen) atoms. The summed E-state index contributed by atoms with van der Waals surface area (Å²) in [6.07, 6.45) is 0. The van der Waals surface area contributed by atoms with Gasteiger partial charge in [-0.05, 0) is 36.5 Å². The molecule has 1 fully saturated rings. The molecule has 9 nitrogen and oxygen atoms in total. The number of amides is 2. The van der Waals surface area contributed by atoms with Crippen LogP contribution in [0.1, 0.15) is 24.2 Å². The van der Waals surface area contributed by atoms with Crippen LogP contribution in [-0.4, -0.2) is 52.9 Å². The first-order valence-corrected chi connectivity index (χ1v) is 11.1. The van der Waals surface area contributed by atoms with E-state index in [9.17, 15) is 19.7 Å². The Hall–Kier alpha value is -3.24. The Bertz CT molecular complexity index is 1090. The van der Waals surface area contributed by atoms with Gasteiger partial charge < -0.3 is 15.1 Å². The van der Waals surface area contributed by atoms with Gasteiger partial charge in [-0.2, -0.15) is 0 Å². The van der Waals surface area contributed by atoms with Crippen LogP contribution in [0, 0.1) is 16.0 Å². The topological polar surface area (TPSA) is 108 Å². The van der Waals surface area contributed by atoms with Gasteiger partial charge in [-0.1, -0.05) is 31.5 Å². The van der Waals surface area contributed by atoms with Gasteiger partial charge in [-0.3, -0.25) is 25.0 Å². The molecule has 2 aromatic rings. The number of carbonyl (C=O) groups excluding carboxylic acids is 2. The zero-order valence-electron chi connectivity index (χ0n) is 18.2. The fourth-order valence-corrected chi connectivity index (χ4v) is 3.98. The van der Waals surface area contributed by atoms with Crippen LogP contribution in [0.3, 0.4) is 0 Å². The van der Waals surface area contributed by atoms with E-state index in [0.29, 0.717) is 36.9 Å². The Morgan fingerprint density at radius 2 is 1.82 bits per heavy atom. The standard InChI is InChI=1S/C22H24ClN5O4S/c1-14(2)21(30)27-10-8-26(9-11-27)19-7-6-16(13-18(19)23)24-22(33)25-20(29)15-4-3-5-17(12-15)28(31)32/h3-7,12-14H,8-11H2,1-2H3,(H2,24,25,29,33). The van der Waals surface area contributed by atoms with Gasteiger partial charge in [0.15, 0.2) is 5.11 Å². The van der Waals surface area contributed by atoms with Gasteiger partial charge in [0.05, 0.1) is 15.6 Å². The van der Waals surface area contributed by atoms with Crippen molar-refractivity contribution in [3.63, 3.8) is 0 Å². The minimum absolute atomic E-state index is 0.0214. The van der Waals surface area contributed by atoms with E-state index < -0.39 is 10.8 Å². The normalized spacial score (nSPS) is 13.6. The number of hydrogen-bond donors (Lipinski definition) is 2. The predicted molar refractivity (Wildman–Crippen MR) is 132 cm³/mol. The Balaban J connectivity index is 1.58. The molecule has 1 saturated heterocycles. The molecule has 3 rings (SSSR count). The van der Waals surface area contributed by atoms with Gasteiger partial charge in [0.1, 0.15) is 0 Å². The fourth-order valence-electron chi connectivity index (χ4n) is 3.47. The maximum atomic E-state index is 12.3. The summed E-state index contributed by atoms with van der Waals surface area (Å²) in [5.74, 6) is -0.430. The quantitative estimate of drug-likeness (QED) is 0.374. The first-order chi connectivity index (χ1) is 15.7. The molecule has 0 aromatic heterocycles. The number of benzene rings is 2. The summed E-state index contributed by atoms with van der Waals surface area (Å²) in [5, 5.41) is 16.8. The van der Waals surface area contributed by atoms with Crippen molar-refractivity contribution in [3.05, 3.63) is 63.2 Å². The predicted octanol–water partition coefficient (Wildman–Crippen LogP) is 3.68. The van der Waals surface area contributed by atoms with E-state index in [1.165, 1.54) is 24.3 Å². The second-order valence-corrected chi connectivity index (χ2v) is 8.66. The smallest absolute Gasteiger partial charge is 0.270 e. The lowest BCUT2D eigenvalue weighted by Gasteiger charge is -2.37. The van der Waals surface area contributed by atoms with Crippen LogP contribution in [0.2, 0.25) is 5.02 Å². The number of piperazine rings is 1. The van der Waals surface area contributed by atoms with Crippen molar-refractivity contribution >= 4 is 57.8 Å². The molecule has 11 heteroatoms. The molecule has 0 spiro atoms. The zero-order valence-corrected chi connectivity index (χ0v) is 19.8. The number of nitro groups is 1. The summed E-state index contributed by atoms with van der Waals surface area (Å²) in [7, 11) is 0. The van der Waals surface area contributed by atoms with Crippen molar-refractivity contribution in [2.24, 2.45) is 5.92 Å². The van der Waals surface area contributed by atoms with E-state index in [1.54, 1.807) is 12.1 Å². The first-order valence-electron chi connectivity index (χ1n) is 10.4. The molecule has 0 radical (unpaired) electrons. The highest BCUT2D eigenvalue weighted by atomic mass is 35.5. The first kappa shape index (κ1) is 24.4. The van der Waals surface area contributed by atoms with Crippen molar-refractivity contribution in [1.82, 2.24) is 10.2 Å². The lowest BCUT2D eigenvalue weighted by Crippen LogP contribution is -2.50. The van der Waals surface area contributed by atoms with Crippen molar-refractivity contribution in [2.75, 3.05) is 36.4 Å². The van der Waals surface area contributed by atoms with Gasteiger partial charge in [0.25, 0.3) is 11.6 Å². The molecule has 2 amide bonds. The molecule has 0 aliphatic carbocycles. The number of non-ortho nitro benzene ring substituents is 1. The summed E-state index contributed by atoms with van der Waals surface area (Å²) >= 11 is 11.7. The average Bonchev–Trinajstić information content (AvgIpc) is 2.78. The molecule has 1 heterocycles. The Morgan fingerprint density at radius 3 is 2.42 bits per heavy atom. The average molecular weight is 490 g/mol. The number of rotatable bonds is 5. The molecule has 174 valence electrons. The van der Waals surface area contributed by atoms with E-state index >= 15 is 0 Å². The van der Waals surface area contributed by atoms with Crippen LogP contribution in [0.15, 0.2) is 42.5 Å². The largest absolute Gasteiger partial charge is 0.367 e. The molecule has 0 atom stereocenters. The highest BCUT2D eigenvalue weighted by Crippen LogP contribution is 2.30. The van der Waals surface area contributed by atoms with Crippen molar-refractivity contribution in [2.45, 2.75) is 13.8 Å². The van der Waals surface area contributed by atoms with Crippen LogP contribution in [0.25, 0.3) is 0 Å². The van der Waals surface area contributed by atoms with Crippen molar-refractivity contribution < 1.29 is 14.5 Å². The number of nitrogens with zero attached hydrogens (tertiary/aromatic N) is 3. The van der Waals surface area contributed by atoms with Gasteiger partial charge in [0, 0.05) is 55.5 Å². The van der Waals surface area contributed by atoms with Crippen molar-refractivity contribution in [3.8, 4) is 0 Å². The van der Waals surface area contributed by atoms with Gasteiger partial charge >= 0.3 is 0 Å². The second kappa shape index (κ2) is 10.6. The molecule has 0 unspecified atom stereocenters. The summed E-state index contributed by atoms with van der Waals surface area (Å²) in [6, 6.07) is 10.7. The third-order valence-corrected chi connectivity index (χ3v) is 5.68. The number of anilines is 2. The number of nitro benzene ring substituents is 1. The second-order valence-electron chi connectivity index (χ2n) is 7.85. The summed E-state index contributed by atoms with van der Waals surface area (Å²) < 4.78 is 0. The van der Waals surface area contributed by atoms with E-state index in [-0.39, 0.29) is 28.2 Å². The third-order valence-electron chi connectivity index (χ3n) is 5.18. The summed E-state index contributed by atoms with van der Waals surface area (Å²) in [5.41, 5.74) is 1.38. The minimum atomic E-state index is -0.570. The monoisotopic (exact) mass is 489 g/mol. The van der Waals surface area contributed by atoms with E-state index in [4.69, 9.17) is 23.8 Å². The molecule has 0 saturated carbocycles. The number of halogens is 1. The van der Waals surface area contributed by atoms with Crippen molar-refractivity contribution in [1.29, 1.82) is 0 Å². The number of hydrogen-bond acceptors (Lipinski definition) is 6. The van der Waals surface area contributed by atoms with Crippen LogP contribution in [0.4, 0.5) is 17.1 Å². The Kier molecular flexibility index (Phi) is 7.83. The molecule has 1 aliphatic rings. The molecule has 0 bridgehead atoms. The van der Waals surface area contributed by atoms with Crippen LogP contribution >= 0.6 is 23.8 Å². The van der Waals surface area contributed by atoms with Crippen LogP contribution in [-0.2, 0) is 4.79 Å². The maximum absolute atomic E-state index is 12.3. The number of nitrogens with one attached hydrogen (secondary N) is 2. The SMILES string of the molecule is CC(C)C(=O)N1CCN(c2ccc(NC(=S)NC(=O)c3cccc([N+](=O)[O-])c3)cc2Cl)CC1. The zero-order chi connectivity index (χ0) is 24.1. The lowest BCUT2D eigenvalue weighted by atomic mass is 10.1. The minimum Gasteiger partial charge on any atom is -0.367 e. The molecular formula is C22H24ClN5O4S.